The van der Waals surface area contributed by atoms with Gasteiger partial charge in [-0.05, 0) is 13.0 Å². The Kier molecular flexibility index (Phi) is 5.40. The summed E-state index contributed by atoms with van der Waals surface area (Å²) in [5.41, 5.74) is 0.122. The lowest BCUT2D eigenvalue weighted by atomic mass is 10.4. The molecule has 0 bridgehead atoms. The highest BCUT2D eigenvalue weighted by Crippen LogP contribution is 2.19. The molecular weight excluding hydrogens is 336 g/mol. The van der Waals surface area contributed by atoms with Crippen LogP contribution in [0.3, 0.4) is 0 Å². The summed E-state index contributed by atoms with van der Waals surface area (Å²) in [6.07, 6.45) is 1.39. The maximum absolute atomic E-state index is 12.5. The summed E-state index contributed by atoms with van der Waals surface area (Å²) >= 11 is 0. The lowest BCUT2D eigenvalue weighted by Gasteiger charge is -2.17. The van der Waals surface area contributed by atoms with Crippen molar-refractivity contribution in [2.45, 2.75) is 32.3 Å². The quantitative estimate of drug-likeness (QED) is 0.684. The topological polar surface area (TPSA) is 108 Å². The van der Waals surface area contributed by atoms with Crippen LogP contribution < -0.4 is 0 Å². The summed E-state index contributed by atoms with van der Waals surface area (Å²) in [5, 5.41) is 3.59. The third-order valence-corrected chi connectivity index (χ3v) is 5.44. The van der Waals surface area contributed by atoms with E-state index in [4.69, 9.17) is 9.26 Å². The van der Waals surface area contributed by atoms with Gasteiger partial charge in [0.1, 0.15) is 10.6 Å². The van der Waals surface area contributed by atoms with E-state index >= 15 is 0 Å². The van der Waals surface area contributed by atoms with Gasteiger partial charge in [-0.1, -0.05) is 19.0 Å². The minimum atomic E-state index is -3.64. The summed E-state index contributed by atoms with van der Waals surface area (Å²) < 4.78 is 37.7. The molecule has 2 rings (SSSR count). The van der Waals surface area contributed by atoms with Crippen molar-refractivity contribution in [3.05, 3.63) is 29.7 Å². The van der Waals surface area contributed by atoms with Crippen molar-refractivity contribution >= 4 is 16.0 Å². The Hall–Kier alpha value is -2.20. The van der Waals surface area contributed by atoms with Crippen LogP contribution in [-0.4, -0.2) is 46.5 Å². The zero-order valence-electron chi connectivity index (χ0n) is 14.0. The van der Waals surface area contributed by atoms with Crippen LogP contribution >= 0.6 is 0 Å². The Morgan fingerprint density at radius 1 is 1.38 bits per heavy atom. The second kappa shape index (κ2) is 7.14. The molecule has 0 spiro atoms. The summed E-state index contributed by atoms with van der Waals surface area (Å²) in [5.74, 6) is -0.0621. The second-order valence-corrected chi connectivity index (χ2v) is 7.01. The first-order chi connectivity index (χ1) is 11.3. The molecule has 2 aromatic heterocycles. The Morgan fingerprint density at radius 2 is 2.04 bits per heavy atom. The maximum atomic E-state index is 12.5. The molecule has 24 heavy (non-hydrogen) atoms. The summed E-state index contributed by atoms with van der Waals surface area (Å²) in [7, 11) is -2.06. The zero-order valence-corrected chi connectivity index (χ0v) is 14.8. The van der Waals surface area contributed by atoms with E-state index in [1.807, 2.05) is 0 Å². The largest absolute Gasteiger partial charge is 0.451 e. The summed E-state index contributed by atoms with van der Waals surface area (Å²) in [4.78, 5) is 16.1. The van der Waals surface area contributed by atoms with Gasteiger partial charge in [0.25, 0.3) is 5.89 Å². The molecular formula is C14H20N4O5S. The molecule has 2 aromatic rings. The van der Waals surface area contributed by atoms with Crippen LogP contribution in [0.2, 0.25) is 0 Å². The van der Waals surface area contributed by atoms with Crippen LogP contribution in [0.15, 0.2) is 21.7 Å². The number of aromatic nitrogens is 3. The standard InChI is InChI=1S/C14H20N4O5S/c1-5-18(6-2)24(20,21)11-7-12(17(4)8-11)14(19)22-9-13-15-10(3)16-23-13/h7-8H,5-6,9H2,1-4H3. The van der Waals surface area contributed by atoms with Gasteiger partial charge in [0.05, 0.1) is 0 Å². The van der Waals surface area contributed by atoms with Gasteiger partial charge < -0.3 is 13.8 Å². The van der Waals surface area contributed by atoms with Gasteiger partial charge in [-0.15, -0.1) is 0 Å². The molecule has 0 amide bonds. The first-order valence-electron chi connectivity index (χ1n) is 7.42. The fourth-order valence-corrected chi connectivity index (χ4v) is 3.72. The lowest BCUT2D eigenvalue weighted by Crippen LogP contribution is -2.30. The fraction of sp³-hybridized carbons (Fsp3) is 0.500. The summed E-state index contributed by atoms with van der Waals surface area (Å²) in [6.45, 7) is 5.69. The average Bonchev–Trinajstić information content (AvgIpc) is 3.12. The van der Waals surface area contributed by atoms with E-state index in [1.54, 1.807) is 27.8 Å². The molecule has 0 aromatic carbocycles. The number of carbonyl (C=O) groups is 1. The molecule has 0 saturated carbocycles. The van der Waals surface area contributed by atoms with Crippen molar-refractivity contribution in [1.29, 1.82) is 0 Å². The predicted octanol–water partition coefficient (Wildman–Crippen LogP) is 1.10. The average molecular weight is 356 g/mol. The van der Waals surface area contributed by atoms with Crippen molar-refractivity contribution in [3.63, 3.8) is 0 Å². The zero-order chi connectivity index (χ0) is 17.9. The summed E-state index contributed by atoms with van der Waals surface area (Å²) in [6, 6.07) is 1.30. The third kappa shape index (κ3) is 3.65. The molecule has 132 valence electrons. The van der Waals surface area contributed by atoms with Gasteiger partial charge in [0, 0.05) is 26.3 Å². The maximum Gasteiger partial charge on any atom is 0.355 e. The molecule has 0 unspecified atom stereocenters. The predicted molar refractivity (Wildman–Crippen MR) is 83.7 cm³/mol. The van der Waals surface area contributed by atoms with Gasteiger partial charge in [-0.25, -0.2) is 13.2 Å². The number of hydrogen-bond acceptors (Lipinski definition) is 7. The Bertz CT molecular complexity index is 820. The SMILES string of the molecule is CCN(CC)S(=O)(=O)c1cc(C(=O)OCc2nc(C)no2)n(C)c1. The molecule has 0 atom stereocenters. The molecule has 10 heteroatoms. The minimum absolute atomic E-state index is 0.0503. The first-order valence-corrected chi connectivity index (χ1v) is 8.86. The Labute approximate surface area is 140 Å². The normalized spacial score (nSPS) is 11.9. The molecule has 0 fully saturated rings. The molecule has 0 saturated heterocycles. The number of carbonyl (C=O) groups excluding carboxylic acids is 1. The fourth-order valence-electron chi connectivity index (χ4n) is 2.19. The third-order valence-electron chi connectivity index (χ3n) is 3.43. The molecule has 0 aliphatic heterocycles. The van der Waals surface area contributed by atoms with E-state index in [-0.39, 0.29) is 23.1 Å². The Balaban J connectivity index is 2.17. The monoisotopic (exact) mass is 356 g/mol. The van der Waals surface area contributed by atoms with Gasteiger partial charge in [-0.3, -0.25) is 0 Å². The number of nitrogens with zero attached hydrogens (tertiary/aromatic N) is 4. The number of esters is 1. The minimum Gasteiger partial charge on any atom is -0.451 e. The highest BCUT2D eigenvalue weighted by Gasteiger charge is 2.26. The molecule has 2 heterocycles. The Morgan fingerprint density at radius 3 is 2.58 bits per heavy atom. The van der Waals surface area contributed by atoms with E-state index in [0.717, 1.165) is 0 Å². The molecule has 9 nitrogen and oxygen atoms in total. The van der Waals surface area contributed by atoms with Gasteiger partial charge in [0.15, 0.2) is 12.4 Å². The van der Waals surface area contributed by atoms with E-state index in [0.29, 0.717) is 18.9 Å². The van der Waals surface area contributed by atoms with Gasteiger partial charge in [-0.2, -0.15) is 9.29 Å². The first kappa shape index (κ1) is 18.1. The van der Waals surface area contributed by atoms with Crippen molar-refractivity contribution in [1.82, 2.24) is 19.0 Å². The van der Waals surface area contributed by atoms with Crippen molar-refractivity contribution in [2.24, 2.45) is 7.05 Å². The number of rotatable bonds is 7. The number of hydrogen-bond donors (Lipinski definition) is 0. The second-order valence-electron chi connectivity index (χ2n) is 5.07. The number of aryl methyl sites for hydroxylation is 2. The highest BCUT2D eigenvalue weighted by atomic mass is 32.2. The van der Waals surface area contributed by atoms with Crippen LogP contribution in [0.25, 0.3) is 0 Å². The van der Waals surface area contributed by atoms with Crippen LogP contribution in [0.1, 0.15) is 36.1 Å². The van der Waals surface area contributed by atoms with Crippen LogP contribution in [0.4, 0.5) is 0 Å². The van der Waals surface area contributed by atoms with Crippen LogP contribution in [0, 0.1) is 6.92 Å². The number of ether oxygens (including phenoxy) is 1. The molecule has 0 aliphatic carbocycles. The number of sulfonamides is 1. The molecule has 0 aliphatic rings. The van der Waals surface area contributed by atoms with Gasteiger partial charge in [0.2, 0.25) is 10.0 Å². The van der Waals surface area contributed by atoms with Crippen molar-refractivity contribution < 1.29 is 22.5 Å². The van der Waals surface area contributed by atoms with Crippen molar-refractivity contribution in [2.75, 3.05) is 13.1 Å². The van der Waals surface area contributed by atoms with E-state index in [9.17, 15) is 13.2 Å². The highest BCUT2D eigenvalue weighted by molar-refractivity contribution is 7.89. The van der Waals surface area contributed by atoms with E-state index in [1.165, 1.54) is 21.1 Å². The van der Waals surface area contributed by atoms with E-state index < -0.39 is 16.0 Å². The molecule has 0 radical (unpaired) electrons. The van der Waals surface area contributed by atoms with E-state index in [2.05, 4.69) is 10.1 Å². The van der Waals surface area contributed by atoms with Crippen LogP contribution in [-0.2, 0) is 28.4 Å². The lowest BCUT2D eigenvalue weighted by molar-refractivity contribution is 0.0418. The van der Waals surface area contributed by atoms with Gasteiger partial charge >= 0.3 is 5.97 Å². The molecule has 0 N–H and O–H groups in total. The smallest absolute Gasteiger partial charge is 0.355 e. The van der Waals surface area contributed by atoms with Crippen molar-refractivity contribution in [3.8, 4) is 0 Å². The van der Waals surface area contributed by atoms with Crippen LogP contribution in [0.5, 0.6) is 0 Å².